The van der Waals surface area contributed by atoms with Gasteiger partial charge in [-0.3, -0.25) is 0 Å². The molecule has 6 nitrogen and oxygen atoms in total. The summed E-state index contributed by atoms with van der Waals surface area (Å²) >= 11 is 5.59. The van der Waals surface area contributed by atoms with Crippen LogP contribution in [0.4, 0.5) is 29.3 Å². The Morgan fingerprint density at radius 2 is 1.55 bits per heavy atom. The van der Waals surface area contributed by atoms with Crippen LogP contribution in [0.1, 0.15) is 15.9 Å². The first-order valence-corrected chi connectivity index (χ1v) is 9.89. The Morgan fingerprint density at radius 1 is 0.879 bits per heavy atom. The van der Waals surface area contributed by atoms with E-state index >= 15 is 0 Å². The number of hydrogen-bond acceptors (Lipinski definition) is 2. The maximum Gasteiger partial charge on any atom is 0.417 e. The zero-order chi connectivity index (χ0) is 23.8. The zero-order valence-corrected chi connectivity index (χ0v) is 17.4. The minimum atomic E-state index is -4.64. The molecule has 0 fully saturated rings. The second-order valence-corrected chi connectivity index (χ2v) is 7.49. The van der Waals surface area contributed by atoms with Crippen LogP contribution < -0.4 is 10.6 Å². The smallest absolute Gasteiger partial charge is 0.417 e. The number of nitrogens with one attached hydrogen (secondary N) is 2. The summed E-state index contributed by atoms with van der Waals surface area (Å²) < 4.78 is 40.8. The van der Waals surface area contributed by atoms with Crippen molar-refractivity contribution in [2.75, 3.05) is 10.6 Å². The lowest BCUT2D eigenvalue weighted by molar-refractivity contribution is -0.137. The van der Waals surface area contributed by atoms with Crippen LogP contribution in [0.25, 0.3) is 16.6 Å². The number of benzene rings is 3. The Labute approximate surface area is 190 Å². The van der Waals surface area contributed by atoms with E-state index in [1.165, 1.54) is 12.1 Å². The molecule has 4 aromatic rings. The molecule has 33 heavy (non-hydrogen) atoms. The van der Waals surface area contributed by atoms with Gasteiger partial charge in [0.05, 0.1) is 21.7 Å². The van der Waals surface area contributed by atoms with Gasteiger partial charge in [0.2, 0.25) is 0 Å². The fourth-order valence-corrected chi connectivity index (χ4v) is 3.54. The van der Waals surface area contributed by atoms with Crippen LogP contribution in [0.15, 0.2) is 72.9 Å². The summed E-state index contributed by atoms with van der Waals surface area (Å²) in [5.41, 5.74) is 1.09. The van der Waals surface area contributed by atoms with E-state index in [4.69, 9.17) is 16.7 Å². The Morgan fingerprint density at radius 3 is 2.21 bits per heavy atom. The number of rotatable bonds is 4. The van der Waals surface area contributed by atoms with Gasteiger partial charge >= 0.3 is 18.2 Å². The highest BCUT2D eigenvalue weighted by atomic mass is 35.5. The van der Waals surface area contributed by atoms with Gasteiger partial charge in [-0.2, -0.15) is 13.2 Å². The zero-order valence-electron chi connectivity index (χ0n) is 16.7. The Hall–Kier alpha value is -3.98. The number of carboxylic acid groups (broad SMARTS) is 1. The Kier molecular flexibility index (Phi) is 5.73. The highest BCUT2D eigenvalue weighted by Gasteiger charge is 2.33. The molecule has 0 unspecified atom stereocenters. The van der Waals surface area contributed by atoms with E-state index in [2.05, 4.69) is 10.6 Å². The molecular weight excluding hydrogens is 459 g/mol. The van der Waals surface area contributed by atoms with Crippen LogP contribution in [0, 0.1) is 0 Å². The molecule has 0 bridgehead atoms. The number of anilines is 2. The summed E-state index contributed by atoms with van der Waals surface area (Å²) in [5, 5.41) is 14.3. The molecule has 1 aromatic heterocycles. The van der Waals surface area contributed by atoms with Crippen molar-refractivity contribution in [2.24, 2.45) is 0 Å². The molecule has 168 valence electrons. The number of aromatic carboxylic acids is 1. The quantitative estimate of drug-likeness (QED) is 0.310. The van der Waals surface area contributed by atoms with E-state index in [1.54, 1.807) is 48.7 Å². The minimum Gasteiger partial charge on any atom is -0.478 e. The van der Waals surface area contributed by atoms with Crippen LogP contribution >= 0.6 is 11.6 Å². The maximum atomic E-state index is 13.0. The number of nitrogens with zero attached hydrogens (tertiary/aromatic N) is 1. The van der Waals surface area contributed by atoms with Crippen LogP contribution in [0.2, 0.25) is 5.02 Å². The van der Waals surface area contributed by atoms with Gasteiger partial charge in [-0.05, 0) is 66.7 Å². The monoisotopic (exact) mass is 473 g/mol. The summed E-state index contributed by atoms with van der Waals surface area (Å²) in [5.74, 6) is -1.01. The standard InChI is InChI=1S/C23H15ClF3N3O3/c24-19-7-4-16(12-18(19)23(25,26)27)29-22(33)28-15-2-5-17(6-3-15)30-10-9-13-11-14(21(31)32)1-8-20(13)30/h1-12H,(H,31,32)(H2,28,29,33). The molecule has 4 rings (SSSR count). The van der Waals surface area contributed by atoms with E-state index in [0.29, 0.717) is 5.69 Å². The van der Waals surface area contributed by atoms with Crippen molar-refractivity contribution < 1.29 is 27.9 Å². The minimum absolute atomic E-state index is 0.0552. The van der Waals surface area contributed by atoms with Crippen LogP contribution in [-0.2, 0) is 6.18 Å². The highest BCUT2D eigenvalue weighted by Crippen LogP contribution is 2.36. The summed E-state index contributed by atoms with van der Waals surface area (Å²) in [6, 6.07) is 15.7. The fourth-order valence-electron chi connectivity index (χ4n) is 3.32. The molecule has 0 atom stereocenters. The van der Waals surface area contributed by atoms with Gasteiger partial charge in [0.15, 0.2) is 0 Å². The molecule has 0 saturated carbocycles. The Balaban J connectivity index is 1.48. The second kappa shape index (κ2) is 8.51. The summed E-state index contributed by atoms with van der Waals surface area (Å²) in [6.45, 7) is 0. The van der Waals surface area contributed by atoms with Crippen molar-refractivity contribution in [3.63, 3.8) is 0 Å². The number of fused-ring (bicyclic) bond motifs is 1. The number of carbonyl (C=O) groups excluding carboxylic acids is 1. The summed E-state index contributed by atoms with van der Waals surface area (Å²) in [7, 11) is 0. The SMILES string of the molecule is O=C(Nc1ccc(-n2ccc3cc(C(=O)O)ccc32)cc1)Nc1ccc(Cl)c(C(F)(F)F)c1. The lowest BCUT2D eigenvalue weighted by atomic mass is 10.1. The predicted octanol–water partition coefficient (Wildman–Crippen LogP) is 6.64. The third kappa shape index (κ3) is 4.78. The number of urea groups is 1. The van der Waals surface area contributed by atoms with Crippen molar-refractivity contribution in [1.29, 1.82) is 0 Å². The lowest BCUT2D eigenvalue weighted by Crippen LogP contribution is -2.20. The van der Waals surface area contributed by atoms with Gasteiger partial charge < -0.3 is 20.3 Å². The molecule has 0 radical (unpaired) electrons. The highest BCUT2D eigenvalue weighted by molar-refractivity contribution is 6.31. The number of halogens is 4. The van der Waals surface area contributed by atoms with Gasteiger partial charge in [0.25, 0.3) is 0 Å². The van der Waals surface area contributed by atoms with Crippen LogP contribution in [-0.4, -0.2) is 21.7 Å². The van der Waals surface area contributed by atoms with E-state index in [-0.39, 0.29) is 11.3 Å². The van der Waals surface area contributed by atoms with Gasteiger partial charge in [-0.15, -0.1) is 0 Å². The van der Waals surface area contributed by atoms with Crippen molar-refractivity contribution in [1.82, 2.24) is 4.57 Å². The molecule has 3 N–H and O–H groups in total. The van der Waals surface area contributed by atoms with E-state index in [9.17, 15) is 22.8 Å². The predicted molar refractivity (Wildman–Crippen MR) is 119 cm³/mol. The average molecular weight is 474 g/mol. The van der Waals surface area contributed by atoms with Crippen molar-refractivity contribution in [3.05, 3.63) is 89.1 Å². The number of hydrogen-bond donors (Lipinski definition) is 3. The Bertz CT molecular complexity index is 1370. The topological polar surface area (TPSA) is 83.4 Å². The maximum absolute atomic E-state index is 13.0. The number of aromatic nitrogens is 1. The third-order valence-corrected chi connectivity index (χ3v) is 5.20. The van der Waals surface area contributed by atoms with Crippen molar-refractivity contribution >= 4 is 45.9 Å². The average Bonchev–Trinajstić information content (AvgIpc) is 3.18. The fraction of sp³-hybridized carbons (Fsp3) is 0.0435. The number of carboxylic acids is 1. The van der Waals surface area contributed by atoms with Crippen molar-refractivity contribution in [3.8, 4) is 5.69 Å². The molecule has 0 aliphatic heterocycles. The first-order valence-electron chi connectivity index (χ1n) is 9.51. The first kappa shape index (κ1) is 22.2. The summed E-state index contributed by atoms with van der Waals surface area (Å²) in [6.07, 6.45) is -2.84. The largest absolute Gasteiger partial charge is 0.478 e. The molecular formula is C23H15ClF3N3O3. The molecule has 0 spiro atoms. The first-order chi connectivity index (χ1) is 15.6. The van der Waals surface area contributed by atoms with Crippen LogP contribution in [0.5, 0.6) is 0 Å². The molecule has 0 saturated heterocycles. The van der Waals surface area contributed by atoms with E-state index in [1.807, 2.05) is 4.57 Å². The van der Waals surface area contributed by atoms with E-state index in [0.717, 1.165) is 28.7 Å². The van der Waals surface area contributed by atoms with Gasteiger partial charge in [0.1, 0.15) is 0 Å². The van der Waals surface area contributed by atoms with Gasteiger partial charge in [-0.1, -0.05) is 11.6 Å². The van der Waals surface area contributed by atoms with Gasteiger partial charge in [-0.25, -0.2) is 9.59 Å². The van der Waals surface area contributed by atoms with Crippen molar-refractivity contribution in [2.45, 2.75) is 6.18 Å². The summed E-state index contributed by atoms with van der Waals surface area (Å²) in [4.78, 5) is 23.3. The molecule has 10 heteroatoms. The number of alkyl halides is 3. The number of amides is 2. The third-order valence-electron chi connectivity index (χ3n) is 4.87. The lowest BCUT2D eigenvalue weighted by Gasteiger charge is -2.13. The molecule has 1 heterocycles. The molecule has 0 aliphatic rings. The van der Waals surface area contributed by atoms with Crippen LogP contribution in [0.3, 0.4) is 0 Å². The van der Waals surface area contributed by atoms with Gasteiger partial charge in [0, 0.05) is 28.6 Å². The molecule has 3 aromatic carbocycles. The molecule has 0 aliphatic carbocycles. The number of carbonyl (C=O) groups is 2. The molecule has 2 amide bonds. The normalized spacial score (nSPS) is 11.4. The van der Waals surface area contributed by atoms with E-state index < -0.39 is 28.8 Å². The second-order valence-electron chi connectivity index (χ2n) is 7.08.